The van der Waals surface area contributed by atoms with Crippen molar-refractivity contribution >= 4 is 188 Å². The molecule has 8 aromatic rings. The summed E-state index contributed by atoms with van der Waals surface area (Å²) in [5.41, 5.74) is 8.19. The number of carboxylic acid groups (broad SMARTS) is 5. The second-order valence-corrected chi connectivity index (χ2v) is 44.6. The molecule has 26 heteroatoms. The monoisotopic (exact) mass is 1920 g/mol. The average Bonchev–Trinajstić information content (AvgIpc) is 0.937. The summed E-state index contributed by atoms with van der Waals surface area (Å²) in [6.07, 6.45) is 23.3. The van der Waals surface area contributed by atoms with Crippen molar-refractivity contribution in [1.29, 1.82) is 0 Å². The first-order chi connectivity index (χ1) is 58.2. The van der Waals surface area contributed by atoms with Crippen molar-refractivity contribution in [3.63, 3.8) is 0 Å². The van der Waals surface area contributed by atoms with E-state index in [-0.39, 0.29) is 91.2 Å². The van der Waals surface area contributed by atoms with Gasteiger partial charge in [0.05, 0.1) is 0 Å². The summed E-state index contributed by atoms with van der Waals surface area (Å²) in [6, 6.07) is 84.2. The Morgan fingerprint density at radius 3 is 0.950 bits per heavy atom. The molecule has 3 N–H and O–H groups in total. The van der Waals surface area contributed by atoms with Crippen LogP contribution >= 0.6 is 158 Å². The van der Waals surface area contributed by atoms with Crippen LogP contribution < -0.4 is 69.3 Å². The van der Waals surface area contributed by atoms with E-state index in [0.717, 1.165) is 167 Å². The molecule has 650 valence electrons. The van der Waals surface area contributed by atoms with Gasteiger partial charge in [0.15, 0.2) is 0 Å². The van der Waals surface area contributed by atoms with Crippen LogP contribution in [0.5, 0.6) is 0 Å². The summed E-state index contributed by atoms with van der Waals surface area (Å²) >= 11 is 14.1. The molecular formula is C95H124Na2O10S14. The predicted molar refractivity (Wildman–Crippen MR) is 536 cm³/mol. The Balaban J connectivity index is 0.000000514. The molecule has 0 spiro atoms. The molecule has 0 heterocycles. The Bertz CT molecular complexity index is 3630. The van der Waals surface area contributed by atoms with Crippen LogP contribution in [0.1, 0.15) is 194 Å². The van der Waals surface area contributed by atoms with Gasteiger partial charge in [-0.15, -0.1) is 0 Å². The molecule has 8 aromatic carbocycles. The van der Waals surface area contributed by atoms with Crippen LogP contribution in [0.25, 0.3) is 0 Å². The van der Waals surface area contributed by atoms with Crippen LogP contribution in [0.3, 0.4) is 0 Å². The van der Waals surface area contributed by atoms with Crippen LogP contribution in [0.4, 0.5) is 0 Å². The van der Waals surface area contributed by atoms with Crippen molar-refractivity contribution in [3.05, 3.63) is 276 Å². The van der Waals surface area contributed by atoms with Crippen LogP contribution in [0.15, 0.2) is 252 Å². The zero-order chi connectivity index (χ0) is 85.3. The second kappa shape index (κ2) is 81.3. The maximum atomic E-state index is 10.7. The van der Waals surface area contributed by atoms with E-state index in [0.29, 0.717) is 26.2 Å². The first kappa shape index (κ1) is 115. The van der Waals surface area contributed by atoms with Crippen LogP contribution in [0.2, 0.25) is 0 Å². The van der Waals surface area contributed by atoms with Gasteiger partial charge >= 0.3 is 77.0 Å². The molecule has 121 heavy (non-hydrogen) atoms. The van der Waals surface area contributed by atoms with Crippen molar-refractivity contribution in [1.82, 2.24) is 0 Å². The maximum absolute atomic E-state index is 10.7. The van der Waals surface area contributed by atoms with E-state index in [2.05, 4.69) is 231 Å². The normalized spacial score (nSPS) is 11.9. The standard InChI is InChI=1S/C22H28O2S4.C22H28O2S2.C20H24O2S4.C16H24O2S2.C15H22O2S2.2Na/c23-22(24)14-8-7-13-21(28-27-18-20-11-5-2-6-12-20)15-16-25-26-17-19-9-3-1-4-10-19;23-22(24)14-8-7-13-21(26-18-20-11-5-2-6-12-20)15-16-25-17-19-9-3-1-4-10-19;21-20(22)14-8-7-13-19(26-25-18-11-5-2-6-12-18)15-16-23-24-17-9-3-1-4-10-17;1-19-15(9-5-6-10-16(17)18)11-12-20-13-14-7-3-2-4-8-14;16-15(17)9-5-4-8-14(10-11-18)19-12-13-6-2-1-3-7-13;;/h1-6,9-12,21H,7-8,13-18H2,(H,23,24);1-6,9-12,21H,7-8,13-18H2,(H,23,24);1-6,9-12,19H,7-8,13-16H2,(H,21,22);2-4,7-8,15H,5-6,9-13H2,1H3,(H,17,18);1-3,6-7,14,18H,4-5,8-12H2,(H,16,17);;/q;;;;;2*+1/p-2. The third-order valence-corrected chi connectivity index (χ3v) is 35.1. The zero-order valence-corrected chi connectivity index (χ0v) is 86.4. The molecule has 8 rings (SSSR count). The SMILES string of the molecule is CSC(CCCCC(=O)[O-])CCSCc1ccccc1.O=C(O)CCCCC(CCS)SCc1ccccc1.O=C(O)CCCCC(CCSSCc1ccccc1)SSCc1ccccc1.O=C(O)CCCCC(CCSSc1ccccc1)SSc1ccccc1.O=C([O-])CCCCC(CCSCc1ccccc1)SCc1ccccc1.[Na+].[Na+]. The van der Waals surface area contributed by atoms with Crippen molar-refractivity contribution in [2.75, 3.05) is 35.0 Å². The molecular weight excluding hydrogens is 1800 g/mol. The predicted octanol–water partition coefficient (Wildman–Crippen LogP) is 21.4. The molecule has 0 aliphatic rings. The number of carbonyl (C=O) groups excluding carboxylic acids is 2. The minimum Gasteiger partial charge on any atom is -0.550 e. The second-order valence-electron chi connectivity index (χ2n) is 28.0. The number of hydrogen-bond acceptors (Lipinski definition) is 21. The molecule has 5 unspecified atom stereocenters. The van der Waals surface area contributed by atoms with E-state index >= 15 is 0 Å². The third kappa shape index (κ3) is 68.7. The zero-order valence-electron chi connectivity index (χ0n) is 70.9. The summed E-state index contributed by atoms with van der Waals surface area (Å²) in [4.78, 5) is 55.4. The minimum atomic E-state index is -0.933. The Morgan fingerprint density at radius 1 is 0.298 bits per heavy atom. The summed E-state index contributed by atoms with van der Waals surface area (Å²) in [7, 11) is 15.3. The van der Waals surface area contributed by atoms with E-state index in [1.807, 2.05) is 175 Å². The third-order valence-electron chi connectivity index (χ3n) is 18.0. The van der Waals surface area contributed by atoms with Crippen LogP contribution in [-0.2, 0) is 58.5 Å². The van der Waals surface area contributed by atoms with Crippen molar-refractivity contribution < 1.29 is 109 Å². The van der Waals surface area contributed by atoms with E-state index in [9.17, 15) is 34.2 Å². The number of unbranched alkanes of at least 4 members (excludes halogenated alkanes) is 5. The number of aliphatic carboxylic acids is 5. The number of rotatable bonds is 62. The van der Waals surface area contributed by atoms with E-state index in [4.69, 9.17) is 15.3 Å². The smallest absolute Gasteiger partial charge is 0.550 e. The molecule has 0 bridgehead atoms. The van der Waals surface area contributed by atoms with Crippen LogP contribution in [-0.4, -0.2) is 106 Å². The van der Waals surface area contributed by atoms with Crippen LogP contribution in [0, 0.1) is 0 Å². The number of hydrogen-bond donors (Lipinski definition) is 4. The van der Waals surface area contributed by atoms with Gasteiger partial charge in [-0.1, -0.05) is 337 Å². The molecule has 10 nitrogen and oxygen atoms in total. The molecule has 0 aromatic heterocycles. The molecule has 0 aliphatic carbocycles. The Labute approximate surface area is 828 Å². The molecule has 0 aliphatic heterocycles. The maximum Gasteiger partial charge on any atom is 1.00 e. The van der Waals surface area contributed by atoms with Gasteiger partial charge in [0.2, 0.25) is 0 Å². The number of benzene rings is 8. The first-order valence-corrected chi connectivity index (χ1v) is 57.0. The number of thiol groups is 1. The molecule has 0 saturated heterocycles. The van der Waals surface area contributed by atoms with Gasteiger partial charge in [0.25, 0.3) is 0 Å². The quantitative estimate of drug-likeness (QED) is 0.0122. The Hall–Kier alpha value is -1.99. The summed E-state index contributed by atoms with van der Waals surface area (Å²) in [5, 5.41) is 50.1. The van der Waals surface area contributed by atoms with Gasteiger partial charge in [-0.25, -0.2) is 0 Å². The summed E-state index contributed by atoms with van der Waals surface area (Å²) in [5.74, 6) is 7.76. The van der Waals surface area contributed by atoms with Gasteiger partial charge in [0, 0.05) is 113 Å². The Morgan fingerprint density at radius 2 is 0.587 bits per heavy atom. The van der Waals surface area contributed by atoms with Gasteiger partial charge in [-0.05, 0) is 190 Å². The molecule has 0 fully saturated rings. The minimum absolute atomic E-state index is 0. The topological polar surface area (TPSA) is 192 Å². The van der Waals surface area contributed by atoms with Gasteiger partial charge in [0.1, 0.15) is 0 Å². The van der Waals surface area contributed by atoms with E-state index in [1.165, 1.54) is 68.2 Å². The largest absolute Gasteiger partial charge is 1.00 e. The number of carboxylic acids is 5. The van der Waals surface area contributed by atoms with Gasteiger partial charge in [-0.2, -0.15) is 71.4 Å². The van der Waals surface area contributed by atoms with Crippen molar-refractivity contribution in [3.8, 4) is 0 Å². The fraction of sp³-hybridized carbons (Fsp3) is 0.442. The number of carbonyl (C=O) groups is 5. The van der Waals surface area contributed by atoms with Crippen molar-refractivity contribution in [2.45, 2.75) is 231 Å². The number of thioether (sulfide) groups is 5. The molecule has 0 radical (unpaired) electrons. The average molecular weight is 1920 g/mol. The van der Waals surface area contributed by atoms with E-state index < -0.39 is 29.8 Å². The Kier molecular flexibility index (Phi) is 77.3. The summed E-state index contributed by atoms with van der Waals surface area (Å²) in [6.45, 7) is 0. The fourth-order valence-electron chi connectivity index (χ4n) is 11.4. The van der Waals surface area contributed by atoms with E-state index in [1.54, 1.807) is 0 Å². The molecule has 5 atom stereocenters. The summed E-state index contributed by atoms with van der Waals surface area (Å²) < 4.78 is 0. The molecule has 0 amide bonds. The first-order valence-electron chi connectivity index (χ1n) is 41.2. The fourth-order valence-corrected chi connectivity index (χ4v) is 27.6. The molecule has 0 saturated carbocycles. The van der Waals surface area contributed by atoms with Gasteiger partial charge < -0.3 is 35.1 Å². The van der Waals surface area contributed by atoms with Crippen molar-refractivity contribution in [2.24, 2.45) is 0 Å². The van der Waals surface area contributed by atoms with Gasteiger partial charge in [-0.3, -0.25) is 14.4 Å².